The van der Waals surface area contributed by atoms with Gasteiger partial charge >= 0.3 is 0 Å². The predicted molar refractivity (Wildman–Crippen MR) is 64.8 cm³/mol. The third-order valence-electron chi connectivity index (χ3n) is 2.62. The van der Waals surface area contributed by atoms with Crippen molar-refractivity contribution in [3.63, 3.8) is 0 Å². The molecule has 0 spiro atoms. The van der Waals surface area contributed by atoms with Gasteiger partial charge in [0, 0.05) is 0 Å². The second-order valence-electron chi connectivity index (χ2n) is 3.96. The smallest absolute Gasteiger partial charge is 0.253 e. The molecule has 1 rings (SSSR count). The fourth-order valence-corrected chi connectivity index (χ4v) is 1.51. The van der Waals surface area contributed by atoms with Crippen LogP contribution in [0.2, 0.25) is 0 Å². The minimum atomic E-state index is -0.208. The van der Waals surface area contributed by atoms with E-state index in [2.05, 4.69) is 15.5 Å². The first-order valence-electron chi connectivity index (χ1n) is 5.87. The maximum Gasteiger partial charge on any atom is 0.253 e. The van der Waals surface area contributed by atoms with Gasteiger partial charge in [0.15, 0.2) is 0 Å². The Morgan fingerprint density at radius 2 is 2.18 bits per heavy atom. The van der Waals surface area contributed by atoms with Crippen molar-refractivity contribution in [1.82, 2.24) is 15.5 Å². The molecule has 94 valence electrons. The van der Waals surface area contributed by atoms with E-state index in [1.165, 1.54) is 0 Å². The maximum absolute atomic E-state index is 12.0. The Morgan fingerprint density at radius 3 is 2.71 bits per heavy atom. The van der Waals surface area contributed by atoms with Crippen molar-refractivity contribution in [3.05, 3.63) is 23.0 Å². The molecule has 1 unspecified atom stereocenters. The Balaban J connectivity index is 2.90. The summed E-state index contributed by atoms with van der Waals surface area (Å²) in [5.41, 5.74) is 1.94. The molecule has 1 amide bonds. The fourth-order valence-electron chi connectivity index (χ4n) is 1.51. The van der Waals surface area contributed by atoms with Crippen LogP contribution in [0, 0.1) is 6.92 Å². The number of rotatable bonds is 5. The molecule has 17 heavy (non-hydrogen) atoms. The van der Waals surface area contributed by atoms with Crippen molar-refractivity contribution in [2.45, 2.75) is 39.7 Å². The number of hydrogen-bond donors (Lipinski definition) is 2. The lowest BCUT2D eigenvalue weighted by molar-refractivity contribution is 0.0913. The Hall–Kier alpha value is -1.49. The molecule has 0 bridgehead atoms. The van der Waals surface area contributed by atoms with Crippen LogP contribution in [0.4, 0.5) is 0 Å². The monoisotopic (exact) mass is 237 g/mol. The zero-order valence-corrected chi connectivity index (χ0v) is 10.5. The highest BCUT2D eigenvalue weighted by Gasteiger charge is 2.15. The zero-order valence-electron chi connectivity index (χ0n) is 10.5. The average Bonchev–Trinajstić information content (AvgIpc) is 2.35. The first-order chi connectivity index (χ1) is 8.12. The highest BCUT2D eigenvalue weighted by molar-refractivity contribution is 5.95. The molecule has 0 aliphatic rings. The molecule has 1 aromatic heterocycles. The summed E-state index contributed by atoms with van der Waals surface area (Å²) in [6, 6.07) is 1.52. The molecule has 1 aromatic rings. The molecule has 5 nitrogen and oxygen atoms in total. The lowest BCUT2D eigenvalue weighted by Gasteiger charge is -2.15. The molecule has 0 saturated carbocycles. The molecule has 1 atom stereocenters. The number of nitrogens with zero attached hydrogens (tertiary/aromatic N) is 2. The second-order valence-corrected chi connectivity index (χ2v) is 3.96. The van der Waals surface area contributed by atoms with Gasteiger partial charge in [-0.1, -0.05) is 13.8 Å². The van der Waals surface area contributed by atoms with Crippen LogP contribution in [-0.2, 0) is 6.42 Å². The summed E-state index contributed by atoms with van der Waals surface area (Å²) in [5, 5.41) is 19.8. The van der Waals surface area contributed by atoms with Gasteiger partial charge < -0.3 is 10.4 Å². The Labute approximate surface area is 101 Å². The number of carbonyl (C=O) groups excluding carboxylic acids is 1. The van der Waals surface area contributed by atoms with Gasteiger partial charge in [0.05, 0.1) is 29.6 Å². The van der Waals surface area contributed by atoms with Crippen LogP contribution >= 0.6 is 0 Å². The van der Waals surface area contributed by atoms with Crippen molar-refractivity contribution in [2.75, 3.05) is 6.61 Å². The van der Waals surface area contributed by atoms with E-state index in [0.29, 0.717) is 29.8 Å². The van der Waals surface area contributed by atoms with Gasteiger partial charge in [-0.2, -0.15) is 10.2 Å². The van der Waals surface area contributed by atoms with Gasteiger partial charge in [-0.05, 0) is 25.8 Å². The van der Waals surface area contributed by atoms with E-state index in [4.69, 9.17) is 5.11 Å². The molecule has 0 aromatic carbocycles. The Morgan fingerprint density at radius 1 is 1.47 bits per heavy atom. The van der Waals surface area contributed by atoms with E-state index >= 15 is 0 Å². The molecule has 1 heterocycles. The molecule has 0 fully saturated rings. The van der Waals surface area contributed by atoms with Crippen molar-refractivity contribution < 1.29 is 9.90 Å². The SMILES string of the molecule is CCc1nnc(C)cc1C(=O)NC(CC)CO. The summed E-state index contributed by atoms with van der Waals surface area (Å²) < 4.78 is 0. The quantitative estimate of drug-likeness (QED) is 0.796. The lowest BCUT2D eigenvalue weighted by Crippen LogP contribution is -2.37. The van der Waals surface area contributed by atoms with E-state index in [1.807, 2.05) is 13.8 Å². The summed E-state index contributed by atoms with van der Waals surface area (Å²) in [4.78, 5) is 12.0. The van der Waals surface area contributed by atoms with Crippen molar-refractivity contribution in [2.24, 2.45) is 0 Å². The maximum atomic E-state index is 12.0. The van der Waals surface area contributed by atoms with E-state index in [1.54, 1.807) is 13.0 Å². The Kier molecular flexibility index (Phi) is 5.03. The third kappa shape index (κ3) is 3.49. The predicted octanol–water partition coefficient (Wildman–Crippen LogP) is 0.848. The molecule has 0 aliphatic heterocycles. The number of amides is 1. The van der Waals surface area contributed by atoms with Crippen LogP contribution < -0.4 is 5.32 Å². The number of nitrogens with one attached hydrogen (secondary N) is 1. The summed E-state index contributed by atoms with van der Waals surface area (Å²) in [5.74, 6) is -0.194. The number of aliphatic hydroxyl groups excluding tert-OH is 1. The van der Waals surface area contributed by atoms with Crippen molar-refractivity contribution in [3.8, 4) is 0 Å². The highest BCUT2D eigenvalue weighted by Crippen LogP contribution is 2.08. The number of aryl methyl sites for hydroxylation is 2. The first-order valence-corrected chi connectivity index (χ1v) is 5.87. The van der Waals surface area contributed by atoms with Gasteiger partial charge in [-0.3, -0.25) is 4.79 Å². The van der Waals surface area contributed by atoms with E-state index in [0.717, 1.165) is 0 Å². The average molecular weight is 237 g/mol. The fraction of sp³-hybridized carbons (Fsp3) is 0.583. The number of aromatic nitrogens is 2. The van der Waals surface area contributed by atoms with Crippen molar-refractivity contribution >= 4 is 5.91 Å². The zero-order chi connectivity index (χ0) is 12.8. The minimum absolute atomic E-state index is 0.0544. The van der Waals surface area contributed by atoms with Crippen LogP contribution in [0.25, 0.3) is 0 Å². The van der Waals surface area contributed by atoms with E-state index < -0.39 is 0 Å². The lowest BCUT2D eigenvalue weighted by atomic mass is 10.1. The number of aliphatic hydroxyl groups is 1. The van der Waals surface area contributed by atoms with Gasteiger partial charge in [-0.25, -0.2) is 0 Å². The first kappa shape index (κ1) is 13.6. The van der Waals surface area contributed by atoms with Gasteiger partial charge in [0.1, 0.15) is 0 Å². The molecular weight excluding hydrogens is 218 g/mol. The minimum Gasteiger partial charge on any atom is -0.394 e. The third-order valence-corrected chi connectivity index (χ3v) is 2.62. The normalized spacial score (nSPS) is 12.2. The molecule has 0 aliphatic carbocycles. The van der Waals surface area contributed by atoms with E-state index in [9.17, 15) is 4.79 Å². The number of carbonyl (C=O) groups is 1. The number of hydrogen-bond acceptors (Lipinski definition) is 4. The van der Waals surface area contributed by atoms with Gasteiger partial charge in [-0.15, -0.1) is 0 Å². The van der Waals surface area contributed by atoms with Crippen LogP contribution in [0.5, 0.6) is 0 Å². The summed E-state index contributed by atoms with van der Waals surface area (Å²) in [6.45, 7) is 5.59. The van der Waals surface area contributed by atoms with Crippen LogP contribution in [0.15, 0.2) is 6.07 Å². The van der Waals surface area contributed by atoms with E-state index in [-0.39, 0.29) is 18.6 Å². The van der Waals surface area contributed by atoms with Gasteiger partial charge in [0.2, 0.25) is 0 Å². The second kappa shape index (κ2) is 6.30. The summed E-state index contributed by atoms with van der Waals surface area (Å²) in [6.07, 6.45) is 1.35. The van der Waals surface area contributed by atoms with Crippen LogP contribution in [0.1, 0.15) is 42.0 Å². The van der Waals surface area contributed by atoms with Crippen LogP contribution in [-0.4, -0.2) is 33.9 Å². The van der Waals surface area contributed by atoms with Gasteiger partial charge in [0.25, 0.3) is 5.91 Å². The topological polar surface area (TPSA) is 75.1 Å². The molecule has 0 saturated heterocycles. The molecular formula is C12H19N3O2. The molecule has 0 radical (unpaired) electrons. The molecule has 5 heteroatoms. The standard InChI is InChI=1S/C12H19N3O2/c1-4-9(7-16)13-12(17)10-6-8(3)14-15-11(10)5-2/h6,9,16H,4-5,7H2,1-3H3,(H,13,17). The van der Waals surface area contributed by atoms with Crippen molar-refractivity contribution in [1.29, 1.82) is 0 Å². The van der Waals surface area contributed by atoms with Crippen LogP contribution in [0.3, 0.4) is 0 Å². The molecule has 2 N–H and O–H groups in total. The Bertz CT molecular complexity index is 389. The summed E-state index contributed by atoms with van der Waals surface area (Å²) >= 11 is 0. The summed E-state index contributed by atoms with van der Waals surface area (Å²) in [7, 11) is 0. The highest BCUT2D eigenvalue weighted by atomic mass is 16.3. The largest absolute Gasteiger partial charge is 0.394 e.